The van der Waals surface area contributed by atoms with Gasteiger partial charge in [-0.3, -0.25) is 9.59 Å². The van der Waals surface area contributed by atoms with Gasteiger partial charge in [0.15, 0.2) is 0 Å². The number of halogens is 2. The third-order valence-electron chi connectivity index (χ3n) is 2.50. The minimum absolute atomic E-state index is 0.0498. The summed E-state index contributed by atoms with van der Waals surface area (Å²) in [4.78, 5) is 23.5. The van der Waals surface area contributed by atoms with Crippen molar-refractivity contribution in [2.24, 2.45) is 0 Å². The number of aromatic hydroxyl groups is 1. The van der Waals surface area contributed by atoms with Gasteiger partial charge in [-0.1, -0.05) is 29.3 Å². The van der Waals surface area contributed by atoms with Crippen molar-refractivity contribution >= 4 is 46.4 Å². The van der Waals surface area contributed by atoms with Crippen molar-refractivity contribution in [1.29, 1.82) is 0 Å². The number of phenolic OH excluding ortho intramolecular Hbond substituents is 1. The van der Waals surface area contributed by atoms with E-state index in [-0.39, 0.29) is 11.4 Å². The molecule has 0 unspecified atom stereocenters. The van der Waals surface area contributed by atoms with E-state index in [9.17, 15) is 14.7 Å². The van der Waals surface area contributed by atoms with Crippen molar-refractivity contribution in [3.63, 3.8) is 0 Å². The Morgan fingerprint density at radius 1 is 0.905 bits per heavy atom. The highest BCUT2D eigenvalue weighted by Gasteiger charge is 2.16. The average Bonchev–Trinajstić information content (AvgIpc) is 2.43. The van der Waals surface area contributed by atoms with Crippen LogP contribution in [0.2, 0.25) is 10.0 Å². The first-order valence-corrected chi connectivity index (χ1v) is 6.58. The number of phenols is 1. The number of benzene rings is 2. The second kappa shape index (κ2) is 6.47. The summed E-state index contributed by atoms with van der Waals surface area (Å²) in [5.41, 5.74) is 0.437. The molecule has 5 nitrogen and oxygen atoms in total. The van der Waals surface area contributed by atoms with Crippen LogP contribution in [0.25, 0.3) is 0 Å². The molecule has 0 atom stereocenters. The summed E-state index contributed by atoms with van der Waals surface area (Å²) in [5, 5.41) is 15.0. The van der Waals surface area contributed by atoms with Crippen LogP contribution in [0.15, 0.2) is 42.5 Å². The van der Waals surface area contributed by atoms with E-state index in [0.717, 1.165) is 0 Å². The van der Waals surface area contributed by atoms with Gasteiger partial charge in [0, 0.05) is 15.7 Å². The summed E-state index contributed by atoms with van der Waals surface area (Å²) in [6, 6.07) is 10.5. The maximum absolute atomic E-state index is 11.8. The normalized spacial score (nSPS) is 10.0. The molecule has 0 aliphatic rings. The van der Waals surface area contributed by atoms with Gasteiger partial charge < -0.3 is 15.7 Å². The van der Waals surface area contributed by atoms with Gasteiger partial charge in [0.1, 0.15) is 5.75 Å². The molecule has 2 aromatic rings. The highest BCUT2D eigenvalue weighted by Crippen LogP contribution is 2.26. The zero-order chi connectivity index (χ0) is 15.4. The Morgan fingerprint density at radius 2 is 1.57 bits per heavy atom. The molecular weight excluding hydrogens is 315 g/mol. The monoisotopic (exact) mass is 324 g/mol. The molecule has 0 aromatic heterocycles. The van der Waals surface area contributed by atoms with Gasteiger partial charge in [0.05, 0.1) is 5.69 Å². The van der Waals surface area contributed by atoms with E-state index in [1.165, 1.54) is 24.3 Å². The predicted molar refractivity (Wildman–Crippen MR) is 81.8 cm³/mol. The quantitative estimate of drug-likeness (QED) is 0.586. The zero-order valence-corrected chi connectivity index (χ0v) is 12.1. The van der Waals surface area contributed by atoms with Crippen LogP contribution in [0, 0.1) is 0 Å². The van der Waals surface area contributed by atoms with Gasteiger partial charge in [0.2, 0.25) is 0 Å². The molecule has 2 aromatic carbocycles. The van der Waals surface area contributed by atoms with Gasteiger partial charge >= 0.3 is 11.8 Å². The van der Waals surface area contributed by atoms with Crippen molar-refractivity contribution in [3.05, 3.63) is 52.5 Å². The van der Waals surface area contributed by atoms with E-state index >= 15 is 0 Å². The molecule has 0 saturated heterocycles. The van der Waals surface area contributed by atoms with E-state index < -0.39 is 11.8 Å². The standard InChI is InChI=1S/C14H10Cl2N2O3/c15-8-2-1-3-10(6-8)17-13(20)14(21)18-11-7-9(16)4-5-12(11)19/h1-7,19H,(H,17,20)(H,18,21). The average molecular weight is 325 g/mol. The van der Waals surface area contributed by atoms with E-state index in [1.807, 2.05) is 0 Å². The maximum Gasteiger partial charge on any atom is 0.314 e. The summed E-state index contributed by atoms with van der Waals surface area (Å²) in [6.45, 7) is 0. The van der Waals surface area contributed by atoms with E-state index in [4.69, 9.17) is 23.2 Å². The fourth-order valence-corrected chi connectivity index (χ4v) is 1.90. The molecule has 3 N–H and O–H groups in total. The van der Waals surface area contributed by atoms with Crippen molar-refractivity contribution < 1.29 is 14.7 Å². The minimum Gasteiger partial charge on any atom is -0.506 e. The molecular formula is C14H10Cl2N2O3. The number of anilines is 2. The molecule has 0 heterocycles. The van der Waals surface area contributed by atoms with Crippen LogP contribution in [0.3, 0.4) is 0 Å². The number of rotatable bonds is 2. The summed E-state index contributed by atoms with van der Waals surface area (Å²) >= 11 is 11.5. The Morgan fingerprint density at radius 3 is 2.29 bits per heavy atom. The van der Waals surface area contributed by atoms with Crippen LogP contribution in [-0.2, 0) is 9.59 Å². The third-order valence-corrected chi connectivity index (χ3v) is 2.97. The van der Waals surface area contributed by atoms with Crippen molar-refractivity contribution in [3.8, 4) is 5.75 Å². The molecule has 7 heteroatoms. The first-order valence-electron chi connectivity index (χ1n) is 5.82. The molecule has 108 valence electrons. The highest BCUT2D eigenvalue weighted by atomic mass is 35.5. The molecule has 0 radical (unpaired) electrons. The van der Waals surface area contributed by atoms with Crippen LogP contribution in [0.5, 0.6) is 5.75 Å². The Hall–Kier alpha value is -2.24. The topological polar surface area (TPSA) is 78.4 Å². The van der Waals surface area contributed by atoms with Gasteiger partial charge in [-0.2, -0.15) is 0 Å². The number of carbonyl (C=O) groups excluding carboxylic acids is 2. The Labute approximate surface area is 130 Å². The van der Waals surface area contributed by atoms with E-state index in [0.29, 0.717) is 15.7 Å². The smallest absolute Gasteiger partial charge is 0.314 e. The lowest BCUT2D eigenvalue weighted by atomic mass is 10.3. The summed E-state index contributed by atoms with van der Waals surface area (Å²) in [5.74, 6) is -2.02. The largest absolute Gasteiger partial charge is 0.506 e. The minimum atomic E-state index is -0.937. The number of hydrogen-bond donors (Lipinski definition) is 3. The van der Waals surface area contributed by atoms with Gasteiger partial charge in [-0.15, -0.1) is 0 Å². The molecule has 0 saturated carbocycles. The SMILES string of the molecule is O=C(Nc1cccc(Cl)c1)C(=O)Nc1cc(Cl)ccc1O. The first kappa shape index (κ1) is 15.2. The van der Waals surface area contributed by atoms with E-state index in [1.54, 1.807) is 18.2 Å². The fraction of sp³-hybridized carbons (Fsp3) is 0. The van der Waals surface area contributed by atoms with Crippen LogP contribution in [0.4, 0.5) is 11.4 Å². The van der Waals surface area contributed by atoms with Crippen molar-refractivity contribution in [2.45, 2.75) is 0 Å². The lowest BCUT2D eigenvalue weighted by molar-refractivity contribution is -0.133. The lowest BCUT2D eigenvalue weighted by Gasteiger charge is -2.08. The highest BCUT2D eigenvalue weighted by molar-refractivity contribution is 6.44. The van der Waals surface area contributed by atoms with Gasteiger partial charge in [0.25, 0.3) is 0 Å². The molecule has 0 bridgehead atoms. The second-order valence-corrected chi connectivity index (χ2v) is 4.95. The third kappa shape index (κ3) is 4.11. The molecule has 0 aliphatic heterocycles. The van der Waals surface area contributed by atoms with Gasteiger partial charge in [-0.25, -0.2) is 0 Å². The van der Waals surface area contributed by atoms with Crippen LogP contribution in [0.1, 0.15) is 0 Å². The summed E-state index contributed by atoms with van der Waals surface area (Å²) < 4.78 is 0. The fourth-order valence-electron chi connectivity index (χ4n) is 1.54. The van der Waals surface area contributed by atoms with Crippen LogP contribution < -0.4 is 10.6 Å². The van der Waals surface area contributed by atoms with Crippen molar-refractivity contribution in [1.82, 2.24) is 0 Å². The maximum atomic E-state index is 11.8. The number of nitrogens with one attached hydrogen (secondary N) is 2. The molecule has 21 heavy (non-hydrogen) atoms. The molecule has 2 amide bonds. The zero-order valence-electron chi connectivity index (χ0n) is 10.6. The molecule has 2 rings (SSSR count). The number of amides is 2. The number of hydrogen-bond acceptors (Lipinski definition) is 3. The molecule has 0 spiro atoms. The predicted octanol–water partition coefficient (Wildman–Crippen LogP) is 3.28. The second-order valence-electron chi connectivity index (χ2n) is 4.08. The first-order chi connectivity index (χ1) is 9.95. The van der Waals surface area contributed by atoms with Crippen LogP contribution in [-0.4, -0.2) is 16.9 Å². The van der Waals surface area contributed by atoms with Crippen LogP contribution >= 0.6 is 23.2 Å². The lowest BCUT2D eigenvalue weighted by Crippen LogP contribution is -2.29. The van der Waals surface area contributed by atoms with Gasteiger partial charge in [-0.05, 0) is 36.4 Å². The Balaban J connectivity index is 2.06. The summed E-state index contributed by atoms with van der Waals surface area (Å²) in [6.07, 6.45) is 0. The molecule has 0 aliphatic carbocycles. The summed E-state index contributed by atoms with van der Waals surface area (Å²) in [7, 11) is 0. The Bertz CT molecular complexity index is 704. The molecule has 0 fully saturated rings. The number of carbonyl (C=O) groups is 2. The Kier molecular flexibility index (Phi) is 4.67. The van der Waals surface area contributed by atoms with Crippen molar-refractivity contribution in [2.75, 3.05) is 10.6 Å². The van der Waals surface area contributed by atoms with E-state index in [2.05, 4.69) is 10.6 Å².